The van der Waals surface area contributed by atoms with Gasteiger partial charge in [0.2, 0.25) is 0 Å². The molecule has 0 spiro atoms. The minimum atomic E-state index is -1.24. The van der Waals surface area contributed by atoms with Gasteiger partial charge >= 0.3 is 5.97 Å². The van der Waals surface area contributed by atoms with Crippen LogP contribution in [-0.2, 0) is 0 Å². The summed E-state index contributed by atoms with van der Waals surface area (Å²) in [4.78, 5) is 22.7. The van der Waals surface area contributed by atoms with Crippen molar-refractivity contribution < 1.29 is 14.8 Å². The standard InChI is InChI=1S/C11H11N3O4/c1-13(7-3-6-12)10-8(11(15)16)4-2-5-9(10)14(17)18/h2,4-5H,3,7H2,1H3,(H,15,16). The second kappa shape index (κ2) is 5.63. The molecular formula is C11H11N3O4. The summed E-state index contributed by atoms with van der Waals surface area (Å²) in [6.07, 6.45) is 0.154. The largest absolute Gasteiger partial charge is 0.478 e. The van der Waals surface area contributed by atoms with Gasteiger partial charge in [-0.05, 0) is 6.07 Å². The van der Waals surface area contributed by atoms with Gasteiger partial charge in [-0.1, -0.05) is 6.07 Å². The molecule has 94 valence electrons. The van der Waals surface area contributed by atoms with Crippen molar-refractivity contribution >= 4 is 17.3 Å². The van der Waals surface area contributed by atoms with Crippen molar-refractivity contribution in [3.8, 4) is 6.07 Å². The fraction of sp³-hybridized carbons (Fsp3) is 0.273. The smallest absolute Gasteiger partial charge is 0.338 e. The molecule has 0 aromatic heterocycles. The Morgan fingerprint density at radius 3 is 2.78 bits per heavy atom. The molecule has 1 aromatic carbocycles. The van der Waals surface area contributed by atoms with Crippen molar-refractivity contribution in [2.45, 2.75) is 6.42 Å². The highest BCUT2D eigenvalue weighted by Crippen LogP contribution is 2.31. The number of hydrogen-bond acceptors (Lipinski definition) is 5. The van der Waals surface area contributed by atoms with E-state index in [9.17, 15) is 14.9 Å². The van der Waals surface area contributed by atoms with Crippen LogP contribution in [-0.4, -0.2) is 29.6 Å². The van der Waals surface area contributed by atoms with Gasteiger partial charge < -0.3 is 10.0 Å². The quantitative estimate of drug-likeness (QED) is 0.627. The van der Waals surface area contributed by atoms with Gasteiger partial charge in [0.25, 0.3) is 5.69 Å². The molecule has 18 heavy (non-hydrogen) atoms. The summed E-state index contributed by atoms with van der Waals surface area (Å²) >= 11 is 0. The lowest BCUT2D eigenvalue weighted by atomic mass is 10.1. The number of nitro benzene ring substituents is 1. The van der Waals surface area contributed by atoms with Crippen LogP contribution >= 0.6 is 0 Å². The summed E-state index contributed by atoms with van der Waals surface area (Å²) in [6.45, 7) is 0.224. The minimum absolute atomic E-state index is 0.0188. The first-order valence-electron chi connectivity index (χ1n) is 5.07. The first-order chi connectivity index (χ1) is 8.49. The van der Waals surface area contributed by atoms with E-state index in [2.05, 4.69) is 0 Å². The predicted molar refractivity (Wildman–Crippen MR) is 63.6 cm³/mol. The van der Waals surface area contributed by atoms with Crippen LogP contribution in [0.4, 0.5) is 11.4 Å². The van der Waals surface area contributed by atoms with E-state index >= 15 is 0 Å². The maximum Gasteiger partial charge on any atom is 0.338 e. The van der Waals surface area contributed by atoms with Crippen LogP contribution in [0.1, 0.15) is 16.8 Å². The number of aromatic carboxylic acids is 1. The Hall–Kier alpha value is -2.62. The molecule has 0 saturated carbocycles. The van der Waals surface area contributed by atoms with Crippen molar-refractivity contribution in [2.24, 2.45) is 0 Å². The Morgan fingerprint density at radius 1 is 1.61 bits per heavy atom. The van der Waals surface area contributed by atoms with Gasteiger partial charge in [-0.2, -0.15) is 5.26 Å². The Balaban J connectivity index is 3.31. The normalized spacial score (nSPS) is 9.56. The van der Waals surface area contributed by atoms with Gasteiger partial charge in [-0.25, -0.2) is 4.79 Å². The van der Waals surface area contributed by atoms with Crippen molar-refractivity contribution in [1.29, 1.82) is 5.26 Å². The van der Waals surface area contributed by atoms with Crippen molar-refractivity contribution in [1.82, 2.24) is 0 Å². The molecule has 1 N–H and O–H groups in total. The first-order valence-corrected chi connectivity index (χ1v) is 5.07. The van der Waals surface area contributed by atoms with Crippen molar-refractivity contribution in [3.05, 3.63) is 33.9 Å². The van der Waals surface area contributed by atoms with Crippen LogP contribution in [0.15, 0.2) is 18.2 Å². The SMILES string of the molecule is CN(CCC#N)c1c(C(=O)O)cccc1[N+](=O)[O-]. The molecule has 0 amide bonds. The van der Waals surface area contributed by atoms with E-state index in [1.54, 1.807) is 0 Å². The number of para-hydroxylation sites is 1. The van der Waals surface area contributed by atoms with Crippen LogP contribution in [0.3, 0.4) is 0 Å². The predicted octanol–water partition coefficient (Wildman–Crippen LogP) is 1.64. The Bertz CT molecular complexity index is 489. The number of hydrogen-bond donors (Lipinski definition) is 1. The van der Waals surface area contributed by atoms with Crippen LogP contribution < -0.4 is 4.90 Å². The molecule has 1 aromatic rings. The van der Waals surface area contributed by atoms with E-state index in [0.29, 0.717) is 0 Å². The molecule has 0 aliphatic heterocycles. The lowest BCUT2D eigenvalue weighted by Gasteiger charge is -2.19. The van der Waals surface area contributed by atoms with Gasteiger partial charge in [0.05, 0.1) is 23.0 Å². The van der Waals surface area contributed by atoms with Crippen molar-refractivity contribution in [2.75, 3.05) is 18.5 Å². The summed E-state index contributed by atoms with van der Waals surface area (Å²) in [5.41, 5.74) is -0.412. The topological polar surface area (TPSA) is 107 Å². The molecule has 0 atom stereocenters. The third-order valence-corrected chi connectivity index (χ3v) is 2.38. The number of carbonyl (C=O) groups is 1. The molecule has 1 rings (SSSR count). The number of rotatable bonds is 5. The monoisotopic (exact) mass is 249 g/mol. The van der Waals surface area contributed by atoms with Crippen LogP contribution in [0.2, 0.25) is 0 Å². The lowest BCUT2D eigenvalue weighted by molar-refractivity contribution is -0.384. The number of carboxylic acids is 1. The van der Waals surface area contributed by atoms with Gasteiger partial charge in [0.1, 0.15) is 5.69 Å². The number of benzene rings is 1. The number of anilines is 1. The summed E-state index contributed by atoms with van der Waals surface area (Å²) < 4.78 is 0. The number of carboxylic acid groups (broad SMARTS) is 1. The molecule has 0 fully saturated rings. The molecule has 0 unspecified atom stereocenters. The molecule has 7 nitrogen and oxygen atoms in total. The highest BCUT2D eigenvalue weighted by Gasteiger charge is 2.24. The zero-order chi connectivity index (χ0) is 13.7. The highest BCUT2D eigenvalue weighted by atomic mass is 16.6. The van der Waals surface area contributed by atoms with E-state index in [1.807, 2.05) is 6.07 Å². The molecule has 0 radical (unpaired) electrons. The third kappa shape index (κ3) is 2.74. The fourth-order valence-corrected chi connectivity index (χ4v) is 1.58. The fourth-order valence-electron chi connectivity index (χ4n) is 1.58. The summed E-state index contributed by atoms with van der Waals surface area (Å²) in [7, 11) is 1.52. The maximum absolute atomic E-state index is 11.1. The number of nitro groups is 1. The Morgan fingerprint density at radius 2 is 2.28 bits per heavy atom. The van der Waals surface area contributed by atoms with E-state index in [1.165, 1.54) is 30.1 Å². The second-order valence-corrected chi connectivity index (χ2v) is 3.57. The number of nitrogens with zero attached hydrogens (tertiary/aromatic N) is 3. The van der Waals surface area contributed by atoms with Crippen molar-refractivity contribution in [3.63, 3.8) is 0 Å². The third-order valence-electron chi connectivity index (χ3n) is 2.38. The summed E-state index contributed by atoms with van der Waals surface area (Å²) in [5.74, 6) is -1.24. The van der Waals surface area contributed by atoms with Crippen LogP contribution in [0.5, 0.6) is 0 Å². The van der Waals surface area contributed by atoms with E-state index < -0.39 is 10.9 Å². The van der Waals surface area contributed by atoms with E-state index in [-0.39, 0.29) is 29.9 Å². The van der Waals surface area contributed by atoms with E-state index in [0.717, 1.165) is 0 Å². The second-order valence-electron chi connectivity index (χ2n) is 3.57. The molecule has 0 heterocycles. The molecule has 0 aliphatic rings. The zero-order valence-electron chi connectivity index (χ0n) is 9.66. The molecular weight excluding hydrogens is 238 g/mol. The first kappa shape index (κ1) is 13.4. The Kier molecular flexibility index (Phi) is 4.21. The zero-order valence-corrected chi connectivity index (χ0v) is 9.66. The van der Waals surface area contributed by atoms with Gasteiger partial charge in [0.15, 0.2) is 0 Å². The molecule has 0 bridgehead atoms. The average Bonchev–Trinajstić information content (AvgIpc) is 2.34. The van der Waals surface area contributed by atoms with E-state index in [4.69, 9.17) is 10.4 Å². The van der Waals surface area contributed by atoms with Gasteiger partial charge in [-0.3, -0.25) is 10.1 Å². The van der Waals surface area contributed by atoms with Crippen LogP contribution in [0.25, 0.3) is 0 Å². The number of nitriles is 1. The van der Waals surface area contributed by atoms with Gasteiger partial charge in [-0.15, -0.1) is 0 Å². The maximum atomic E-state index is 11.1. The summed E-state index contributed by atoms with van der Waals surface area (Å²) in [6, 6.07) is 5.77. The molecule has 0 aliphatic carbocycles. The van der Waals surface area contributed by atoms with Gasteiger partial charge in [0, 0.05) is 19.7 Å². The average molecular weight is 249 g/mol. The molecule has 7 heteroatoms. The lowest BCUT2D eigenvalue weighted by Crippen LogP contribution is -2.22. The van der Waals surface area contributed by atoms with Crippen LogP contribution in [0, 0.1) is 21.4 Å². The Labute approximate surface area is 103 Å². The molecule has 0 saturated heterocycles. The summed E-state index contributed by atoms with van der Waals surface area (Å²) in [5, 5.41) is 28.4. The minimum Gasteiger partial charge on any atom is -0.478 e. The highest BCUT2D eigenvalue weighted by molar-refractivity contribution is 5.97.